The van der Waals surface area contributed by atoms with E-state index in [0.717, 1.165) is 36.6 Å². The molecule has 1 heterocycles. The van der Waals surface area contributed by atoms with Crippen LogP contribution in [0.3, 0.4) is 0 Å². The average molecular weight is 430 g/mol. The van der Waals surface area contributed by atoms with Gasteiger partial charge in [0.15, 0.2) is 0 Å². The molecule has 2 unspecified atom stereocenters. The summed E-state index contributed by atoms with van der Waals surface area (Å²) in [6.07, 6.45) is 18.1. The summed E-state index contributed by atoms with van der Waals surface area (Å²) < 4.78 is 0. The van der Waals surface area contributed by atoms with Gasteiger partial charge in [0, 0.05) is 6.04 Å². The van der Waals surface area contributed by atoms with Gasteiger partial charge in [-0.3, -0.25) is 0 Å². The van der Waals surface area contributed by atoms with Crippen LogP contribution in [0, 0.1) is 23.2 Å². The third kappa shape index (κ3) is 5.31. The average Bonchev–Trinajstić information content (AvgIpc) is 3.08. The Balaban J connectivity index is 1.40. The van der Waals surface area contributed by atoms with Crippen LogP contribution in [0.1, 0.15) is 97.8 Å². The molecule has 176 valence electrons. The highest BCUT2D eigenvalue weighted by molar-refractivity contribution is 5.26. The van der Waals surface area contributed by atoms with Crippen molar-refractivity contribution in [2.24, 2.45) is 23.2 Å². The fourth-order valence-corrected chi connectivity index (χ4v) is 7.81. The third-order valence-corrected chi connectivity index (χ3v) is 9.61. The fraction of sp³-hybridized carbons (Fsp3) is 0.857. The van der Waals surface area contributed by atoms with E-state index in [2.05, 4.69) is 37.8 Å². The summed E-state index contributed by atoms with van der Waals surface area (Å²) >= 11 is 0. The summed E-state index contributed by atoms with van der Waals surface area (Å²) in [6, 6.07) is 0.780. The molecule has 0 spiro atoms. The molecular formula is C28H47NO2. The molecule has 1 aliphatic heterocycles. The minimum atomic E-state index is -0.371. The second kappa shape index (κ2) is 10.1. The molecule has 0 aromatic carbocycles. The number of allylic oxidation sites excluding steroid dienone is 3. The van der Waals surface area contributed by atoms with Gasteiger partial charge in [0.25, 0.3) is 0 Å². The third-order valence-electron chi connectivity index (χ3n) is 9.61. The maximum atomic E-state index is 10.0. The lowest BCUT2D eigenvalue weighted by atomic mass is 9.61. The van der Waals surface area contributed by atoms with Crippen LogP contribution in [-0.2, 0) is 0 Å². The summed E-state index contributed by atoms with van der Waals surface area (Å²) in [5.74, 6) is 2.40. The predicted molar refractivity (Wildman–Crippen MR) is 129 cm³/mol. The number of nitrogens with zero attached hydrogens (tertiary/aromatic N) is 1. The number of piperidine rings is 1. The molecule has 4 rings (SSSR count). The Morgan fingerprint density at radius 1 is 1.06 bits per heavy atom. The molecule has 0 aromatic heterocycles. The van der Waals surface area contributed by atoms with Gasteiger partial charge < -0.3 is 15.1 Å². The first kappa shape index (κ1) is 23.5. The van der Waals surface area contributed by atoms with Gasteiger partial charge in [0.05, 0.1) is 12.2 Å². The van der Waals surface area contributed by atoms with Crippen LogP contribution < -0.4 is 0 Å². The Kier molecular flexibility index (Phi) is 7.66. The van der Waals surface area contributed by atoms with Crippen molar-refractivity contribution in [3.63, 3.8) is 0 Å². The van der Waals surface area contributed by atoms with Crippen LogP contribution in [0.25, 0.3) is 0 Å². The van der Waals surface area contributed by atoms with Gasteiger partial charge in [-0.25, -0.2) is 0 Å². The zero-order valence-electron chi connectivity index (χ0n) is 20.4. The number of aliphatic hydroxyl groups excluding tert-OH is 2. The van der Waals surface area contributed by atoms with E-state index in [0.29, 0.717) is 11.8 Å². The number of likely N-dealkylation sites (tertiary alicyclic amines) is 1. The molecule has 1 saturated heterocycles. The molecule has 31 heavy (non-hydrogen) atoms. The maximum Gasteiger partial charge on any atom is 0.0602 e. The van der Waals surface area contributed by atoms with E-state index in [1.165, 1.54) is 76.5 Å². The molecule has 0 amide bonds. The summed E-state index contributed by atoms with van der Waals surface area (Å²) in [4.78, 5) is 2.75. The number of aliphatic hydroxyl groups is 2. The number of hydrogen-bond donors (Lipinski definition) is 2. The van der Waals surface area contributed by atoms with Crippen LogP contribution in [-0.4, -0.2) is 46.5 Å². The summed E-state index contributed by atoms with van der Waals surface area (Å²) in [5, 5.41) is 20.0. The van der Waals surface area contributed by atoms with E-state index in [1.807, 2.05) is 0 Å². The monoisotopic (exact) mass is 429 g/mol. The Hall–Kier alpha value is -0.640. The standard InChI is InChI=1S/C28H47NO2/c1-20(13-16-29-15-5-4-7-21(29)2)26-11-12-27-23(8-6-14-28(26,27)3)10-9-22-17-24(30)19-25(31)18-22/h9-10,20-21,24-27,30-31H,4-8,11-19H2,1-3H3/t20?,21?,24-,25-,26-,27+,28-/m1/s1. The SMILES string of the molecule is CC(CCN1CCCCC1C)[C@H]1CC[C@H]2C(=CC=C3C[C@@H](O)C[C@H](O)C3)CCC[C@]12C. The van der Waals surface area contributed by atoms with Crippen molar-refractivity contribution in [2.75, 3.05) is 13.1 Å². The molecule has 3 nitrogen and oxygen atoms in total. The smallest absolute Gasteiger partial charge is 0.0602 e. The molecule has 3 saturated carbocycles. The lowest BCUT2D eigenvalue weighted by Crippen LogP contribution is -2.40. The van der Waals surface area contributed by atoms with Crippen molar-refractivity contribution in [1.29, 1.82) is 0 Å². The van der Waals surface area contributed by atoms with Gasteiger partial charge in [0.2, 0.25) is 0 Å². The second-order valence-electron chi connectivity index (χ2n) is 11.8. The topological polar surface area (TPSA) is 43.7 Å². The largest absolute Gasteiger partial charge is 0.393 e. The summed E-state index contributed by atoms with van der Waals surface area (Å²) in [7, 11) is 0. The zero-order valence-corrected chi connectivity index (χ0v) is 20.4. The van der Waals surface area contributed by atoms with Crippen molar-refractivity contribution in [2.45, 2.75) is 116 Å². The van der Waals surface area contributed by atoms with Crippen LogP contribution in [0.15, 0.2) is 23.3 Å². The highest BCUT2D eigenvalue weighted by Gasteiger charge is 2.50. The van der Waals surface area contributed by atoms with Gasteiger partial charge in [0.1, 0.15) is 0 Å². The van der Waals surface area contributed by atoms with Gasteiger partial charge in [-0.2, -0.15) is 0 Å². The lowest BCUT2D eigenvalue weighted by molar-refractivity contribution is 0.0609. The second-order valence-corrected chi connectivity index (χ2v) is 11.8. The zero-order chi connectivity index (χ0) is 22.0. The molecule has 7 atom stereocenters. The maximum absolute atomic E-state index is 10.0. The van der Waals surface area contributed by atoms with Crippen molar-refractivity contribution >= 4 is 0 Å². The van der Waals surface area contributed by atoms with Crippen molar-refractivity contribution < 1.29 is 10.2 Å². The van der Waals surface area contributed by atoms with Crippen molar-refractivity contribution in [1.82, 2.24) is 4.90 Å². The Bertz CT molecular complexity index is 658. The number of hydrogen-bond acceptors (Lipinski definition) is 3. The first-order valence-corrected chi connectivity index (χ1v) is 13.4. The van der Waals surface area contributed by atoms with Crippen LogP contribution >= 0.6 is 0 Å². The van der Waals surface area contributed by atoms with E-state index < -0.39 is 0 Å². The molecule has 3 aliphatic carbocycles. The molecule has 3 heteroatoms. The van der Waals surface area contributed by atoms with E-state index >= 15 is 0 Å². The van der Waals surface area contributed by atoms with E-state index in [9.17, 15) is 10.2 Å². The van der Waals surface area contributed by atoms with Gasteiger partial charge >= 0.3 is 0 Å². The van der Waals surface area contributed by atoms with Crippen molar-refractivity contribution in [3.8, 4) is 0 Å². The van der Waals surface area contributed by atoms with E-state index in [-0.39, 0.29) is 12.2 Å². The molecule has 4 aliphatic rings. The van der Waals surface area contributed by atoms with Gasteiger partial charge in [-0.15, -0.1) is 0 Å². The minimum Gasteiger partial charge on any atom is -0.393 e. The van der Waals surface area contributed by atoms with E-state index in [4.69, 9.17) is 0 Å². The quantitative estimate of drug-likeness (QED) is 0.575. The van der Waals surface area contributed by atoms with E-state index in [1.54, 1.807) is 5.57 Å². The molecular weight excluding hydrogens is 382 g/mol. The lowest BCUT2D eigenvalue weighted by Gasteiger charge is -2.45. The first-order chi connectivity index (χ1) is 14.9. The normalized spacial score (nSPS) is 41.9. The van der Waals surface area contributed by atoms with Crippen molar-refractivity contribution in [3.05, 3.63) is 23.3 Å². The van der Waals surface area contributed by atoms with Gasteiger partial charge in [-0.1, -0.05) is 43.6 Å². The molecule has 0 bridgehead atoms. The fourth-order valence-electron chi connectivity index (χ4n) is 7.81. The summed E-state index contributed by atoms with van der Waals surface area (Å²) in [6.45, 7) is 10.2. The Morgan fingerprint density at radius 3 is 2.58 bits per heavy atom. The predicted octanol–water partition coefficient (Wildman–Crippen LogP) is 5.86. The highest BCUT2D eigenvalue weighted by atomic mass is 16.3. The summed E-state index contributed by atoms with van der Waals surface area (Å²) in [5.41, 5.74) is 3.33. The first-order valence-electron chi connectivity index (χ1n) is 13.4. The Labute approximate surface area is 191 Å². The number of rotatable bonds is 5. The Morgan fingerprint density at radius 2 is 1.84 bits per heavy atom. The van der Waals surface area contributed by atoms with Crippen LogP contribution in [0.2, 0.25) is 0 Å². The van der Waals surface area contributed by atoms with Gasteiger partial charge in [-0.05, 0) is 114 Å². The highest BCUT2D eigenvalue weighted by Crippen LogP contribution is 2.59. The minimum absolute atomic E-state index is 0.371. The molecule has 2 N–H and O–H groups in total. The molecule has 4 fully saturated rings. The molecule has 0 aromatic rings. The van der Waals surface area contributed by atoms with Crippen LogP contribution in [0.4, 0.5) is 0 Å². The number of fused-ring (bicyclic) bond motifs is 1. The van der Waals surface area contributed by atoms with Crippen LogP contribution in [0.5, 0.6) is 0 Å². The molecule has 0 radical (unpaired) electrons.